The van der Waals surface area contributed by atoms with Gasteiger partial charge in [-0.3, -0.25) is 9.59 Å². The summed E-state index contributed by atoms with van der Waals surface area (Å²) in [6.45, 7) is 4.97. The number of benzene rings is 1. The van der Waals surface area contributed by atoms with Gasteiger partial charge in [0.05, 0.1) is 0 Å². The van der Waals surface area contributed by atoms with Gasteiger partial charge >= 0.3 is 12.1 Å². The Labute approximate surface area is 132 Å². The van der Waals surface area contributed by atoms with Crippen LogP contribution in [-0.2, 0) is 9.59 Å². The lowest BCUT2D eigenvalue weighted by Crippen LogP contribution is -2.41. The first-order valence-electron chi connectivity index (χ1n) is 6.94. The highest BCUT2D eigenvalue weighted by atomic mass is 19.4. The summed E-state index contributed by atoms with van der Waals surface area (Å²) in [6.07, 6.45) is -4.92. The fourth-order valence-electron chi connectivity index (χ4n) is 1.81. The standard InChI is InChI=1S/C15H19F3N2O3/c1-9-4-5-10(2)13(11(9)3)23-8-12(21)19-6-7-20-14(22)15(16,17)18/h4-5H,6-8H2,1-3H3,(H,19,21)(H,20,22). The second kappa shape index (κ2) is 7.85. The van der Waals surface area contributed by atoms with E-state index in [0.29, 0.717) is 5.75 Å². The quantitative estimate of drug-likeness (QED) is 0.781. The average molecular weight is 332 g/mol. The number of hydrogen-bond donors (Lipinski definition) is 2. The molecule has 2 amide bonds. The van der Waals surface area contributed by atoms with E-state index in [9.17, 15) is 22.8 Å². The van der Waals surface area contributed by atoms with E-state index in [1.807, 2.05) is 32.9 Å². The van der Waals surface area contributed by atoms with E-state index in [-0.39, 0.29) is 19.7 Å². The first kappa shape index (κ1) is 18.8. The third kappa shape index (κ3) is 5.80. The Kier molecular flexibility index (Phi) is 6.41. The number of alkyl halides is 3. The second-order valence-corrected chi connectivity index (χ2v) is 5.05. The highest BCUT2D eigenvalue weighted by Gasteiger charge is 2.38. The van der Waals surface area contributed by atoms with Crippen molar-refractivity contribution >= 4 is 11.8 Å². The van der Waals surface area contributed by atoms with E-state index in [2.05, 4.69) is 5.32 Å². The lowest BCUT2D eigenvalue weighted by atomic mass is 10.1. The van der Waals surface area contributed by atoms with Crippen LogP contribution < -0.4 is 15.4 Å². The molecule has 0 spiro atoms. The van der Waals surface area contributed by atoms with Crippen LogP contribution in [-0.4, -0.2) is 37.7 Å². The van der Waals surface area contributed by atoms with Gasteiger partial charge in [0.2, 0.25) is 0 Å². The zero-order valence-electron chi connectivity index (χ0n) is 13.1. The maximum absolute atomic E-state index is 11.9. The van der Waals surface area contributed by atoms with Crippen molar-refractivity contribution in [3.8, 4) is 5.75 Å². The third-order valence-electron chi connectivity index (χ3n) is 3.21. The van der Waals surface area contributed by atoms with E-state index in [4.69, 9.17) is 4.74 Å². The molecule has 1 aromatic carbocycles. The largest absolute Gasteiger partial charge is 0.483 e. The summed E-state index contributed by atoms with van der Waals surface area (Å²) in [4.78, 5) is 22.1. The molecule has 1 aromatic rings. The topological polar surface area (TPSA) is 67.4 Å². The maximum Gasteiger partial charge on any atom is 0.471 e. The molecule has 0 saturated heterocycles. The van der Waals surface area contributed by atoms with Crippen molar-refractivity contribution in [1.82, 2.24) is 10.6 Å². The molecule has 0 aliphatic rings. The normalized spacial score (nSPS) is 11.0. The molecule has 2 N–H and O–H groups in total. The summed E-state index contributed by atoms with van der Waals surface area (Å²) in [6, 6.07) is 3.82. The Bertz CT molecular complexity index is 586. The number of amides is 2. The fraction of sp³-hybridized carbons (Fsp3) is 0.467. The van der Waals surface area contributed by atoms with Gasteiger partial charge in [0.1, 0.15) is 5.75 Å². The van der Waals surface area contributed by atoms with Gasteiger partial charge in [0.25, 0.3) is 5.91 Å². The van der Waals surface area contributed by atoms with Crippen LogP contribution in [0.4, 0.5) is 13.2 Å². The van der Waals surface area contributed by atoms with Crippen molar-refractivity contribution < 1.29 is 27.5 Å². The van der Waals surface area contributed by atoms with Crippen molar-refractivity contribution in [3.63, 3.8) is 0 Å². The minimum Gasteiger partial charge on any atom is -0.483 e. The Morgan fingerprint density at radius 3 is 2.22 bits per heavy atom. The maximum atomic E-state index is 11.9. The van der Waals surface area contributed by atoms with Gasteiger partial charge in [0, 0.05) is 13.1 Å². The molecule has 8 heteroatoms. The number of aryl methyl sites for hydroxylation is 2. The molecule has 0 radical (unpaired) electrons. The zero-order chi connectivity index (χ0) is 17.6. The fourth-order valence-corrected chi connectivity index (χ4v) is 1.81. The number of carbonyl (C=O) groups excluding carboxylic acids is 2. The number of hydrogen-bond acceptors (Lipinski definition) is 3. The van der Waals surface area contributed by atoms with Gasteiger partial charge in [0.15, 0.2) is 6.61 Å². The van der Waals surface area contributed by atoms with E-state index in [1.165, 1.54) is 0 Å². The van der Waals surface area contributed by atoms with Crippen molar-refractivity contribution in [1.29, 1.82) is 0 Å². The summed E-state index contributed by atoms with van der Waals surface area (Å²) < 4.78 is 41.3. The van der Waals surface area contributed by atoms with Crippen LogP contribution in [0.15, 0.2) is 12.1 Å². The summed E-state index contributed by atoms with van der Waals surface area (Å²) in [5.74, 6) is -1.90. The van der Waals surface area contributed by atoms with Crippen molar-refractivity contribution in [3.05, 3.63) is 28.8 Å². The van der Waals surface area contributed by atoms with Crippen LogP contribution in [0.1, 0.15) is 16.7 Å². The van der Waals surface area contributed by atoms with E-state index in [0.717, 1.165) is 16.7 Å². The molecule has 5 nitrogen and oxygen atoms in total. The summed E-state index contributed by atoms with van der Waals surface area (Å²) in [5.41, 5.74) is 2.84. The number of ether oxygens (including phenoxy) is 1. The number of nitrogens with one attached hydrogen (secondary N) is 2. The van der Waals surface area contributed by atoms with E-state index >= 15 is 0 Å². The molecule has 0 aromatic heterocycles. The van der Waals surface area contributed by atoms with Crippen LogP contribution in [0, 0.1) is 20.8 Å². The van der Waals surface area contributed by atoms with Crippen LogP contribution in [0.2, 0.25) is 0 Å². The number of halogens is 3. The molecular formula is C15H19F3N2O3. The lowest BCUT2D eigenvalue weighted by molar-refractivity contribution is -0.173. The van der Waals surface area contributed by atoms with Crippen molar-refractivity contribution in [2.75, 3.05) is 19.7 Å². The molecule has 0 unspecified atom stereocenters. The smallest absolute Gasteiger partial charge is 0.471 e. The Balaban J connectivity index is 2.36. The Morgan fingerprint density at radius 1 is 1.04 bits per heavy atom. The van der Waals surface area contributed by atoms with Crippen LogP contribution in [0.3, 0.4) is 0 Å². The average Bonchev–Trinajstić information content (AvgIpc) is 2.46. The van der Waals surface area contributed by atoms with Crippen molar-refractivity contribution in [2.45, 2.75) is 26.9 Å². The number of rotatable bonds is 6. The molecule has 0 atom stereocenters. The van der Waals surface area contributed by atoms with Gasteiger partial charge in [-0.25, -0.2) is 0 Å². The molecule has 0 aliphatic carbocycles. The molecule has 128 valence electrons. The van der Waals surface area contributed by atoms with Gasteiger partial charge in [-0.15, -0.1) is 0 Å². The lowest BCUT2D eigenvalue weighted by Gasteiger charge is -2.14. The minimum absolute atomic E-state index is 0.115. The first-order valence-corrected chi connectivity index (χ1v) is 6.94. The molecule has 1 rings (SSSR count). The van der Waals surface area contributed by atoms with Gasteiger partial charge in [-0.2, -0.15) is 13.2 Å². The molecule has 0 bridgehead atoms. The SMILES string of the molecule is Cc1ccc(C)c(OCC(=O)NCCNC(=O)C(F)(F)F)c1C. The van der Waals surface area contributed by atoms with Crippen LogP contribution in [0.5, 0.6) is 5.75 Å². The summed E-state index contributed by atoms with van der Waals surface area (Å²) >= 11 is 0. The molecule has 23 heavy (non-hydrogen) atoms. The Morgan fingerprint density at radius 2 is 1.61 bits per heavy atom. The summed E-state index contributed by atoms with van der Waals surface area (Å²) in [5, 5.41) is 4.03. The minimum atomic E-state index is -4.92. The van der Waals surface area contributed by atoms with E-state index in [1.54, 1.807) is 5.32 Å². The predicted molar refractivity (Wildman–Crippen MR) is 78.2 cm³/mol. The zero-order valence-corrected chi connectivity index (χ0v) is 13.1. The third-order valence-corrected chi connectivity index (χ3v) is 3.21. The number of carbonyl (C=O) groups is 2. The Hall–Kier alpha value is -2.25. The molecular weight excluding hydrogens is 313 g/mol. The predicted octanol–water partition coefficient (Wildman–Crippen LogP) is 1.79. The molecule has 0 fully saturated rings. The summed E-state index contributed by atoms with van der Waals surface area (Å²) in [7, 11) is 0. The highest BCUT2D eigenvalue weighted by Crippen LogP contribution is 2.25. The van der Waals surface area contributed by atoms with Crippen LogP contribution >= 0.6 is 0 Å². The van der Waals surface area contributed by atoms with Gasteiger partial charge in [-0.05, 0) is 37.5 Å². The van der Waals surface area contributed by atoms with Crippen LogP contribution in [0.25, 0.3) is 0 Å². The van der Waals surface area contributed by atoms with E-state index < -0.39 is 18.0 Å². The molecule has 0 heterocycles. The molecule has 0 aliphatic heterocycles. The second-order valence-electron chi connectivity index (χ2n) is 5.05. The van der Waals surface area contributed by atoms with Crippen molar-refractivity contribution in [2.24, 2.45) is 0 Å². The monoisotopic (exact) mass is 332 g/mol. The highest BCUT2D eigenvalue weighted by molar-refractivity contribution is 5.81. The molecule has 0 saturated carbocycles. The van der Waals surface area contributed by atoms with Gasteiger partial charge in [-0.1, -0.05) is 12.1 Å². The van der Waals surface area contributed by atoms with Gasteiger partial charge < -0.3 is 15.4 Å². The first-order chi connectivity index (χ1) is 10.6.